The molecule has 1 aliphatic heterocycles. The molecule has 1 fully saturated rings. The Bertz CT molecular complexity index is 1410. The van der Waals surface area contributed by atoms with E-state index in [1.165, 1.54) is 16.3 Å². The van der Waals surface area contributed by atoms with E-state index < -0.39 is 31.4 Å². The first-order valence-electron chi connectivity index (χ1n) is 12.1. The number of nitrogens with one attached hydrogen (secondary N) is 1. The molecule has 0 aliphatic carbocycles. The lowest BCUT2D eigenvalue weighted by molar-refractivity contribution is -0.0770. The third-order valence-corrected chi connectivity index (χ3v) is 6.75. The monoisotopic (exact) mass is 536 g/mol. The summed E-state index contributed by atoms with van der Waals surface area (Å²) in [5.41, 5.74) is 2.84. The first-order chi connectivity index (χ1) is 18.4. The number of piperidine rings is 1. The Hall–Kier alpha value is -3.52. The Morgan fingerprint density at radius 2 is 2.00 bits per heavy atom. The molecule has 1 N–H and O–H groups in total. The second-order valence-electron chi connectivity index (χ2n) is 9.18. The Morgan fingerprint density at radius 3 is 2.71 bits per heavy atom. The van der Waals surface area contributed by atoms with Gasteiger partial charge in [-0.1, -0.05) is 11.3 Å². The number of aromatic nitrogens is 6. The molecule has 3 aromatic heterocycles. The number of alkyl halides is 4. The summed E-state index contributed by atoms with van der Waals surface area (Å²) in [7, 11) is 2.97. The summed E-state index contributed by atoms with van der Waals surface area (Å²) < 4.78 is 69.7. The predicted molar refractivity (Wildman–Crippen MR) is 132 cm³/mol. The molecule has 0 amide bonds. The van der Waals surface area contributed by atoms with Gasteiger partial charge in [0, 0.05) is 32.0 Å². The number of nitrogens with zero attached hydrogens (tertiary/aromatic N) is 7. The van der Waals surface area contributed by atoms with Crippen LogP contribution in [-0.2, 0) is 4.74 Å². The van der Waals surface area contributed by atoms with Gasteiger partial charge < -0.3 is 14.8 Å². The van der Waals surface area contributed by atoms with Crippen LogP contribution in [0.15, 0.2) is 30.5 Å². The highest BCUT2D eigenvalue weighted by Gasteiger charge is 2.45. The van der Waals surface area contributed by atoms with Crippen LogP contribution in [0.3, 0.4) is 0 Å². The highest BCUT2D eigenvalue weighted by molar-refractivity contribution is 5.89. The molecule has 0 saturated carbocycles. The molecule has 0 radical (unpaired) electrons. The minimum atomic E-state index is -3.00. The number of rotatable bonds is 10. The van der Waals surface area contributed by atoms with E-state index in [1.54, 1.807) is 42.5 Å². The van der Waals surface area contributed by atoms with Crippen molar-refractivity contribution in [1.82, 2.24) is 34.5 Å². The topological polar surface area (TPSA) is 94.6 Å². The fraction of sp³-hybridized carbons (Fsp3) is 0.500. The van der Waals surface area contributed by atoms with E-state index in [0.29, 0.717) is 47.4 Å². The highest BCUT2D eigenvalue weighted by atomic mass is 19.3. The number of hydrogen-bond donors (Lipinski definition) is 1. The average molecular weight is 537 g/mol. The molecule has 1 saturated heterocycles. The Balaban J connectivity index is 1.45. The van der Waals surface area contributed by atoms with Gasteiger partial charge in [0.05, 0.1) is 31.8 Å². The number of anilines is 1. The van der Waals surface area contributed by atoms with Crippen LogP contribution in [0.2, 0.25) is 0 Å². The average Bonchev–Trinajstić information content (AvgIpc) is 3.53. The fourth-order valence-electron chi connectivity index (χ4n) is 4.73. The van der Waals surface area contributed by atoms with Gasteiger partial charge in [-0.2, -0.15) is 4.98 Å². The molecule has 1 aromatic carbocycles. The van der Waals surface area contributed by atoms with E-state index in [-0.39, 0.29) is 24.8 Å². The number of fused-ring (bicyclic) bond motifs is 2. The van der Waals surface area contributed by atoms with Gasteiger partial charge >= 0.3 is 0 Å². The second kappa shape index (κ2) is 10.7. The lowest BCUT2D eigenvalue weighted by atomic mass is 10.0. The van der Waals surface area contributed by atoms with Gasteiger partial charge in [0.25, 0.3) is 5.92 Å². The molecular formula is C24H28F4N8O2. The molecule has 0 bridgehead atoms. The third-order valence-electron chi connectivity index (χ3n) is 6.75. The van der Waals surface area contributed by atoms with E-state index in [1.807, 2.05) is 0 Å². The van der Waals surface area contributed by atoms with Crippen LogP contribution < -0.4 is 10.1 Å². The van der Waals surface area contributed by atoms with Gasteiger partial charge in [-0.15, -0.1) is 10.2 Å². The van der Waals surface area contributed by atoms with Gasteiger partial charge in [0.1, 0.15) is 30.4 Å². The summed E-state index contributed by atoms with van der Waals surface area (Å²) >= 11 is 0. The van der Waals surface area contributed by atoms with Crippen LogP contribution in [0.1, 0.15) is 12.5 Å². The number of likely N-dealkylation sites (tertiary alicyclic amines) is 1. The van der Waals surface area contributed by atoms with E-state index in [2.05, 4.69) is 25.7 Å². The first-order valence-corrected chi connectivity index (χ1v) is 12.1. The maximum Gasteiger partial charge on any atom is 0.280 e. The molecule has 10 nitrogen and oxygen atoms in total. The van der Waals surface area contributed by atoms with Gasteiger partial charge in [0.2, 0.25) is 11.8 Å². The summed E-state index contributed by atoms with van der Waals surface area (Å²) in [6.07, 6.45) is 1.87. The molecule has 1 aliphatic rings. The number of hydrogen-bond acceptors (Lipinski definition) is 8. The van der Waals surface area contributed by atoms with E-state index in [9.17, 15) is 17.6 Å². The largest absolute Gasteiger partial charge is 0.479 e. The normalized spacial score (nSPS) is 18.0. The highest BCUT2D eigenvalue weighted by Crippen LogP contribution is 2.34. The zero-order chi connectivity index (χ0) is 26.9. The van der Waals surface area contributed by atoms with Crippen LogP contribution in [0.4, 0.5) is 23.5 Å². The zero-order valence-electron chi connectivity index (χ0n) is 21.0. The molecule has 38 heavy (non-hydrogen) atoms. The van der Waals surface area contributed by atoms with Crippen molar-refractivity contribution in [3.63, 3.8) is 0 Å². The number of methoxy groups -OCH3 is 2. The van der Waals surface area contributed by atoms with Crippen LogP contribution in [-0.4, -0.2) is 100 Å². The second-order valence-corrected chi connectivity index (χ2v) is 9.18. The SMILES string of the molecule is COCCN1CC[C@@H](Nc2nc(OC)c3c(-c4ccc5nnn(C(CF)CF)c5c4)ccn3n2)C(F)(F)C1. The molecule has 4 aromatic rings. The zero-order valence-corrected chi connectivity index (χ0v) is 21.0. The molecule has 4 heterocycles. The maximum absolute atomic E-state index is 14.9. The summed E-state index contributed by atoms with van der Waals surface area (Å²) in [5.74, 6) is -2.80. The Labute approximate surface area is 215 Å². The van der Waals surface area contributed by atoms with Gasteiger partial charge in [-0.3, -0.25) is 4.90 Å². The van der Waals surface area contributed by atoms with Gasteiger partial charge in [-0.25, -0.2) is 26.8 Å². The van der Waals surface area contributed by atoms with Crippen LogP contribution in [0.5, 0.6) is 5.88 Å². The van der Waals surface area contributed by atoms with Crippen LogP contribution in [0, 0.1) is 0 Å². The lowest BCUT2D eigenvalue weighted by Crippen LogP contribution is -2.55. The number of benzene rings is 1. The van der Waals surface area contributed by atoms with Crippen molar-refractivity contribution in [3.05, 3.63) is 30.5 Å². The van der Waals surface area contributed by atoms with Crippen molar-refractivity contribution >= 4 is 22.5 Å². The molecule has 1 atom stereocenters. The van der Waals surface area contributed by atoms with Crippen molar-refractivity contribution < 1.29 is 27.0 Å². The summed E-state index contributed by atoms with van der Waals surface area (Å²) in [5, 5.41) is 15.1. The molecule has 0 unspecified atom stereocenters. The van der Waals surface area contributed by atoms with E-state index in [4.69, 9.17) is 9.47 Å². The molecular weight excluding hydrogens is 508 g/mol. The van der Waals surface area contributed by atoms with Crippen molar-refractivity contribution in [2.75, 3.05) is 59.1 Å². The minimum Gasteiger partial charge on any atom is -0.479 e. The standard InChI is InChI=1S/C24H28F4N8O2/c1-37-10-9-34-7-6-20(24(27,28)14-34)29-23-30-22(38-2)21-17(5-8-35(21)32-23)15-3-4-18-19(11-15)36(33-31-18)16(12-25)13-26/h3-5,8,11,16,20H,6-7,9-10,12-14H2,1-2H3,(H,29,32)/t20-/m1/s1. The quantitative estimate of drug-likeness (QED) is 0.308. The third kappa shape index (κ3) is 4.85. The number of halogens is 4. The predicted octanol–water partition coefficient (Wildman–Crippen LogP) is 3.40. The van der Waals surface area contributed by atoms with Crippen LogP contribution >= 0.6 is 0 Å². The van der Waals surface area contributed by atoms with Crippen molar-refractivity contribution in [2.45, 2.75) is 24.4 Å². The van der Waals surface area contributed by atoms with Crippen molar-refractivity contribution in [3.8, 4) is 17.0 Å². The summed E-state index contributed by atoms with van der Waals surface area (Å²) in [6.45, 7) is -0.913. The van der Waals surface area contributed by atoms with Crippen molar-refractivity contribution in [2.24, 2.45) is 0 Å². The fourth-order valence-corrected chi connectivity index (χ4v) is 4.73. The Kier molecular flexibility index (Phi) is 7.34. The molecule has 0 spiro atoms. The molecule has 14 heteroatoms. The number of ether oxygens (including phenoxy) is 2. The summed E-state index contributed by atoms with van der Waals surface area (Å²) in [4.78, 5) is 6.04. The van der Waals surface area contributed by atoms with Gasteiger partial charge in [0.15, 0.2) is 0 Å². The van der Waals surface area contributed by atoms with Gasteiger partial charge in [-0.05, 0) is 30.2 Å². The van der Waals surface area contributed by atoms with Crippen LogP contribution in [0.25, 0.3) is 27.7 Å². The van der Waals surface area contributed by atoms with E-state index in [0.717, 1.165) is 0 Å². The van der Waals surface area contributed by atoms with Crippen molar-refractivity contribution in [1.29, 1.82) is 0 Å². The summed E-state index contributed by atoms with van der Waals surface area (Å²) in [6, 6.07) is 4.78. The minimum absolute atomic E-state index is 0.0120. The lowest BCUT2D eigenvalue weighted by Gasteiger charge is -2.38. The Morgan fingerprint density at radius 1 is 1.18 bits per heavy atom. The van der Waals surface area contributed by atoms with E-state index >= 15 is 0 Å². The maximum atomic E-state index is 14.9. The smallest absolute Gasteiger partial charge is 0.280 e. The molecule has 204 valence electrons. The first kappa shape index (κ1) is 26.1. The molecule has 5 rings (SSSR count).